The molecule has 0 aromatic carbocycles. The van der Waals surface area contributed by atoms with Crippen LogP contribution in [0, 0.1) is 35.5 Å². The van der Waals surface area contributed by atoms with Crippen LogP contribution >= 0.6 is 0 Å². The van der Waals surface area contributed by atoms with Gasteiger partial charge in [-0.25, -0.2) is 4.79 Å². The first kappa shape index (κ1) is 50.3. The van der Waals surface area contributed by atoms with Crippen LogP contribution in [0.25, 0.3) is 0 Å². The van der Waals surface area contributed by atoms with Crippen LogP contribution < -0.4 is 0 Å². The number of esters is 1. The molecule has 61 heavy (non-hydrogen) atoms. The summed E-state index contributed by atoms with van der Waals surface area (Å²) in [6, 6.07) is -1.18. The molecule has 3 fully saturated rings. The predicted octanol–water partition coefficient (Wildman–Crippen LogP) is 3.83. The van der Waals surface area contributed by atoms with Gasteiger partial charge in [-0.3, -0.25) is 19.2 Å². The Hall–Kier alpha value is -3.37. The molecule has 0 aromatic heterocycles. The third-order valence-corrected chi connectivity index (χ3v) is 13.5. The molecule has 1 unspecified atom stereocenters. The highest BCUT2D eigenvalue weighted by Gasteiger charge is 2.53. The molecule has 1 aliphatic carbocycles. The summed E-state index contributed by atoms with van der Waals surface area (Å²) in [7, 11) is 0. The highest BCUT2D eigenvalue weighted by molar-refractivity contribution is 6.39. The van der Waals surface area contributed by atoms with E-state index in [1.54, 1.807) is 52.0 Å². The van der Waals surface area contributed by atoms with Gasteiger partial charge in [0.25, 0.3) is 11.7 Å². The Balaban J connectivity index is 1.65. The Bertz CT molecular complexity index is 1690. The van der Waals surface area contributed by atoms with Crippen molar-refractivity contribution in [1.29, 1.82) is 0 Å². The van der Waals surface area contributed by atoms with Crippen molar-refractivity contribution in [2.24, 2.45) is 35.5 Å². The number of aliphatic hydroxyl groups excluding tert-OH is 5. The van der Waals surface area contributed by atoms with E-state index >= 15 is 0 Å². The number of ether oxygens (including phenoxy) is 2. The molecule has 3 aliphatic heterocycles. The van der Waals surface area contributed by atoms with Crippen LogP contribution in [-0.2, 0) is 33.4 Å². The molecule has 2 bridgehead atoms. The van der Waals surface area contributed by atoms with Crippen molar-refractivity contribution in [2.75, 3.05) is 6.54 Å². The predicted molar refractivity (Wildman–Crippen MR) is 226 cm³/mol. The largest absolute Gasteiger partial charge is 0.460 e. The van der Waals surface area contributed by atoms with Gasteiger partial charge in [-0.1, -0.05) is 71.1 Å². The number of hydrogen-bond acceptors (Lipinski definition) is 13. The van der Waals surface area contributed by atoms with Crippen LogP contribution in [0.5, 0.6) is 0 Å². The summed E-state index contributed by atoms with van der Waals surface area (Å²) in [6.07, 6.45) is 5.94. The lowest BCUT2D eigenvalue weighted by Gasteiger charge is -2.41. The fourth-order valence-corrected chi connectivity index (χ4v) is 9.23. The Morgan fingerprint density at radius 3 is 2.21 bits per heavy atom. The van der Waals surface area contributed by atoms with E-state index in [1.807, 2.05) is 19.9 Å². The minimum Gasteiger partial charge on any atom is -0.460 e. The third-order valence-electron chi connectivity index (χ3n) is 13.5. The summed E-state index contributed by atoms with van der Waals surface area (Å²) >= 11 is 0. The molecule has 342 valence electrons. The molecule has 3 heterocycles. The normalized spacial score (nSPS) is 42.1. The molecule has 14 heteroatoms. The zero-order valence-corrected chi connectivity index (χ0v) is 37.0. The topological polar surface area (TPSA) is 228 Å². The molecule has 0 radical (unpaired) electrons. The maximum Gasteiger partial charge on any atom is 0.329 e. The molecule has 2 saturated heterocycles. The lowest BCUT2D eigenvalue weighted by molar-refractivity contribution is -0.265. The number of rotatable bonds is 3. The van der Waals surface area contributed by atoms with Gasteiger partial charge in [0.1, 0.15) is 30.1 Å². The van der Waals surface area contributed by atoms with Crippen molar-refractivity contribution in [1.82, 2.24) is 4.90 Å². The minimum absolute atomic E-state index is 0.0333. The Morgan fingerprint density at radius 1 is 0.820 bits per heavy atom. The first-order valence-electron chi connectivity index (χ1n) is 22.3. The first-order valence-corrected chi connectivity index (χ1v) is 22.3. The lowest BCUT2D eigenvalue weighted by atomic mass is 9.78. The fourth-order valence-electron chi connectivity index (χ4n) is 9.23. The average molecular weight is 858 g/mol. The van der Waals surface area contributed by atoms with Gasteiger partial charge >= 0.3 is 5.97 Å². The number of amides is 1. The minimum atomic E-state index is -2.49. The quantitative estimate of drug-likeness (QED) is 0.135. The van der Waals surface area contributed by atoms with Gasteiger partial charge in [0.2, 0.25) is 5.79 Å². The first-order chi connectivity index (χ1) is 28.6. The van der Waals surface area contributed by atoms with Gasteiger partial charge in [0, 0.05) is 37.1 Å². The van der Waals surface area contributed by atoms with E-state index in [0.29, 0.717) is 56.9 Å². The Labute approximate surface area is 360 Å². The molecule has 0 aromatic rings. The summed E-state index contributed by atoms with van der Waals surface area (Å²) < 4.78 is 12.0. The number of ketones is 3. The number of nitrogens with zero attached hydrogens (tertiary/aromatic N) is 1. The molecule has 1 amide bonds. The number of hydrogen-bond donors (Lipinski definition) is 6. The summed E-state index contributed by atoms with van der Waals surface area (Å²) in [5.41, 5.74) is 0.818. The Kier molecular flexibility index (Phi) is 18.4. The van der Waals surface area contributed by atoms with Gasteiger partial charge in [0.05, 0.1) is 24.4 Å². The fraction of sp³-hybridized carbons (Fsp3) is 0.723. The molecule has 4 rings (SSSR count). The summed E-state index contributed by atoms with van der Waals surface area (Å²) in [4.78, 5) is 70.1. The van der Waals surface area contributed by atoms with E-state index < -0.39 is 102 Å². The van der Waals surface area contributed by atoms with E-state index in [-0.39, 0.29) is 49.0 Å². The highest BCUT2D eigenvalue weighted by Crippen LogP contribution is 2.37. The van der Waals surface area contributed by atoms with Crippen molar-refractivity contribution in [3.05, 3.63) is 47.6 Å². The molecular weight excluding hydrogens is 787 g/mol. The number of carbonyl (C=O) groups is 5. The highest BCUT2D eigenvalue weighted by atomic mass is 16.6. The summed E-state index contributed by atoms with van der Waals surface area (Å²) in [6.45, 7) is 11.9. The van der Waals surface area contributed by atoms with Crippen LogP contribution in [0.15, 0.2) is 47.6 Å². The zero-order valence-electron chi connectivity index (χ0n) is 37.0. The molecule has 4 aliphatic rings. The van der Waals surface area contributed by atoms with E-state index in [0.717, 1.165) is 4.90 Å². The summed E-state index contributed by atoms with van der Waals surface area (Å²) in [5.74, 6) is -9.21. The maximum atomic E-state index is 14.0. The number of aliphatic hydroxyl groups is 6. The number of fused-ring (bicyclic) bond motifs is 3. The van der Waals surface area contributed by atoms with Gasteiger partial charge in [-0.05, 0) is 101 Å². The second-order valence-corrected chi connectivity index (χ2v) is 18.6. The van der Waals surface area contributed by atoms with Crippen LogP contribution in [0.1, 0.15) is 119 Å². The molecule has 14 nitrogen and oxygen atoms in total. The van der Waals surface area contributed by atoms with E-state index in [2.05, 4.69) is 0 Å². The van der Waals surface area contributed by atoms with E-state index in [4.69, 9.17) is 9.47 Å². The second-order valence-electron chi connectivity index (χ2n) is 18.6. The van der Waals surface area contributed by atoms with Gasteiger partial charge in [0.15, 0.2) is 5.78 Å². The number of cyclic esters (lactones) is 1. The Morgan fingerprint density at radius 2 is 1.52 bits per heavy atom. The third kappa shape index (κ3) is 13.1. The second kappa shape index (κ2) is 22.3. The van der Waals surface area contributed by atoms with Crippen molar-refractivity contribution < 1.29 is 64.1 Å². The van der Waals surface area contributed by atoms with Crippen LogP contribution in [-0.4, -0.2) is 126 Å². The molecule has 6 N–H and O–H groups in total. The number of Topliss-reactive ketones (excluding diaryl/α,β-unsaturated/α-hetero) is 3. The molecule has 1 saturated carbocycles. The maximum absolute atomic E-state index is 14.0. The van der Waals surface area contributed by atoms with Crippen LogP contribution in [0.2, 0.25) is 0 Å². The number of allylic oxidation sites excluding steroid dienone is 6. The number of carbonyl (C=O) groups excluding carboxylic acids is 5. The molecular formula is C47H71NO13. The molecule has 0 spiro atoms. The van der Waals surface area contributed by atoms with Crippen LogP contribution in [0.3, 0.4) is 0 Å². The molecule has 15 atom stereocenters. The van der Waals surface area contributed by atoms with E-state index in [1.165, 1.54) is 13.0 Å². The monoisotopic (exact) mass is 857 g/mol. The van der Waals surface area contributed by atoms with Crippen molar-refractivity contribution in [3.63, 3.8) is 0 Å². The van der Waals surface area contributed by atoms with Crippen LogP contribution in [0.4, 0.5) is 0 Å². The van der Waals surface area contributed by atoms with E-state index in [9.17, 15) is 54.6 Å². The average Bonchev–Trinajstić information content (AvgIpc) is 3.71. The zero-order chi connectivity index (χ0) is 45.3. The van der Waals surface area contributed by atoms with Gasteiger partial charge in [-0.2, -0.15) is 0 Å². The lowest BCUT2D eigenvalue weighted by Crippen LogP contribution is -2.59. The van der Waals surface area contributed by atoms with Crippen molar-refractivity contribution in [3.8, 4) is 0 Å². The van der Waals surface area contributed by atoms with Gasteiger partial charge < -0.3 is 45.0 Å². The SMILES string of the molecule is C/C1=C/[C@@H](C)C(=O)C[C@@H]([C@H](C)CC2CC[C@H](O)[C@@H](O)C2)OC(=O)[C@@H]2CCCN2C(=O)C(=O)[C@]2(O)O[C@@H](CC[C@H]2C)C[C@H](O)/C(C)=C/C=C/C=C\[C@@H](C)C[C@@H](C)C(=O)[C@H](O)[C@@H]1O. The van der Waals surface area contributed by atoms with Gasteiger partial charge in [-0.15, -0.1) is 0 Å². The standard InChI is InChI=1S/C47H71NO13/c1-26-12-9-8-10-13-27(2)37(50)24-34-17-15-32(7)47(59,61-34)44(56)45(57)48-19-11-14-35(48)46(58)60-40(29(4)22-33-16-18-36(49)39(52)23-33)25-38(51)28(3)21-31(6)42(54)43(55)41(53)30(5)20-26/h8-10,12-13,21,26,28-30,32-37,39-40,42-43,49-50,52,54-55,59H,11,14-20,22-25H2,1-7H3/b10-8+,12-9-,27-13+,31-21-/t26-,28-,29-,30-,32-,33?,34+,35+,36+,37+,39+,40+,42-,43+,47-/m1/s1. The van der Waals surface area contributed by atoms with Crippen molar-refractivity contribution >= 4 is 29.2 Å². The smallest absolute Gasteiger partial charge is 0.329 e. The summed E-state index contributed by atoms with van der Waals surface area (Å²) in [5, 5.41) is 65.1. The van der Waals surface area contributed by atoms with Crippen molar-refractivity contribution in [2.45, 2.75) is 174 Å².